The van der Waals surface area contributed by atoms with Crippen LogP contribution in [0.15, 0.2) is 69.6 Å². The van der Waals surface area contributed by atoms with E-state index in [1.807, 2.05) is 12.1 Å². The molecule has 0 spiro atoms. The van der Waals surface area contributed by atoms with Gasteiger partial charge in [-0.25, -0.2) is 9.79 Å². The molecule has 0 aliphatic carbocycles. The van der Waals surface area contributed by atoms with Crippen molar-refractivity contribution >= 4 is 23.4 Å². The second-order valence-electron chi connectivity index (χ2n) is 7.17. The summed E-state index contributed by atoms with van der Waals surface area (Å²) in [6, 6.07) is 13.2. The number of ether oxygens (including phenoxy) is 2. The van der Waals surface area contributed by atoms with Crippen LogP contribution in [-0.4, -0.2) is 29.4 Å². The van der Waals surface area contributed by atoms with Crippen LogP contribution in [0.25, 0.3) is 6.08 Å². The Labute approximate surface area is 188 Å². The summed E-state index contributed by atoms with van der Waals surface area (Å²) in [5.74, 6) is 0.215. The van der Waals surface area contributed by atoms with Crippen LogP contribution in [0.2, 0.25) is 0 Å². The Balaban J connectivity index is 1.97. The van der Waals surface area contributed by atoms with Crippen molar-refractivity contribution in [1.82, 2.24) is 4.57 Å². The molecule has 1 aromatic heterocycles. The lowest BCUT2D eigenvalue weighted by atomic mass is 9.95. The highest BCUT2D eigenvalue weighted by molar-refractivity contribution is 7.07. The first-order valence-corrected chi connectivity index (χ1v) is 10.9. The van der Waals surface area contributed by atoms with E-state index in [9.17, 15) is 14.7 Å². The van der Waals surface area contributed by atoms with Gasteiger partial charge in [0, 0.05) is 0 Å². The number of aromatic hydroxyl groups is 1. The number of hydrogen-bond donors (Lipinski definition) is 1. The molecule has 8 heteroatoms. The number of phenolic OH excluding ortho intramolecular Hbond substituents is 1. The van der Waals surface area contributed by atoms with Gasteiger partial charge in [0.2, 0.25) is 0 Å². The summed E-state index contributed by atoms with van der Waals surface area (Å²) in [6.07, 6.45) is 1.70. The fraction of sp³-hybridized carbons (Fsp3) is 0.208. The molecule has 1 unspecified atom stereocenters. The average Bonchev–Trinajstić information content (AvgIpc) is 3.07. The predicted molar refractivity (Wildman–Crippen MR) is 121 cm³/mol. The number of methoxy groups -OCH3 is 1. The molecule has 0 saturated heterocycles. The van der Waals surface area contributed by atoms with Crippen LogP contribution in [0.4, 0.5) is 0 Å². The van der Waals surface area contributed by atoms with E-state index in [1.54, 1.807) is 63.4 Å². The van der Waals surface area contributed by atoms with Gasteiger partial charge in [0.1, 0.15) is 11.5 Å². The van der Waals surface area contributed by atoms with Crippen LogP contribution in [0.3, 0.4) is 0 Å². The van der Waals surface area contributed by atoms with E-state index in [2.05, 4.69) is 4.99 Å². The first-order chi connectivity index (χ1) is 15.4. The third-order valence-electron chi connectivity index (χ3n) is 5.09. The maximum atomic E-state index is 13.5. The van der Waals surface area contributed by atoms with Crippen molar-refractivity contribution in [1.29, 1.82) is 0 Å². The van der Waals surface area contributed by atoms with Gasteiger partial charge in [-0.3, -0.25) is 9.36 Å². The van der Waals surface area contributed by atoms with E-state index in [1.165, 1.54) is 15.9 Å². The maximum Gasteiger partial charge on any atom is 0.338 e. The Kier molecular flexibility index (Phi) is 5.96. The molecular formula is C24H22N2O5S. The Morgan fingerprint density at radius 2 is 2.03 bits per heavy atom. The Morgan fingerprint density at radius 3 is 2.75 bits per heavy atom. The van der Waals surface area contributed by atoms with E-state index < -0.39 is 12.0 Å². The normalized spacial score (nSPS) is 15.8. The Bertz CT molecular complexity index is 1400. The van der Waals surface area contributed by atoms with Crippen molar-refractivity contribution in [3.63, 3.8) is 0 Å². The molecule has 3 aromatic rings. The molecule has 7 nitrogen and oxygen atoms in total. The molecule has 164 valence electrons. The van der Waals surface area contributed by atoms with Crippen molar-refractivity contribution in [2.75, 3.05) is 13.7 Å². The lowest BCUT2D eigenvalue weighted by molar-refractivity contribution is -0.139. The van der Waals surface area contributed by atoms with Gasteiger partial charge < -0.3 is 14.6 Å². The Hall–Kier alpha value is -3.65. The van der Waals surface area contributed by atoms with Gasteiger partial charge >= 0.3 is 5.97 Å². The predicted octanol–water partition coefficient (Wildman–Crippen LogP) is 2.51. The number of nitrogens with zero attached hydrogens (tertiary/aromatic N) is 2. The molecule has 4 rings (SSSR count). The second-order valence-corrected chi connectivity index (χ2v) is 8.18. The van der Waals surface area contributed by atoms with Crippen molar-refractivity contribution in [3.05, 3.63) is 90.6 Å². The van der Waals surface area contributed by atoms with E-state index >= 15 is 0 Å². The molecule has 1 aliphatic rings. The molecule has 2 heterocycles. The number of carbonyl (C=O) groups excluding carboxylic acids is 1. The van der Waals surface area contributed by atoms with E-state index in [0.717, 1.165) is 0 Å². The molecule has 0 saturated carbocycles. The zero-order chi connectivity index (χ0) is 22.8. The minimum Gasteiger partial charge on any atom is -0.508 e. The summed E-state index contributed by atoms with van der Waals surface area (Å²) in [7, 11) is 1.56. The van der Waals surface area contributed by atoms with Crippen molar-refractivity contribution in [2.45, 2.75) is 19.9 Å². The van der Waals surface area contributed by atoms with E-state index in [0.29, 0.717) is 37.5 Å². The second kappa shape index (κ2) is 8.84. The summed E-state index contributed by atoms with van der Waals surface area (Å²) in [6.45, 7) is 3.69. The number of phenols is 1. The number of thiazole rings is 1. The molecule has 0 amide bonds. The highest BCUT2D eigenvalue weighted by atomic mass is 32.1. The summed E-state index contributed by atoms with van der Waals surface area (Å²) in [5.41, 5.74) is 1.94. The van der Waals surface area contributed by atoms with Gasteiger partial charge in [-0.05, 0) is 55.3 Å². The fourth-order valence-electron chi connectivity index (χ4n) is 3.68. The van der Waals surface area contributed by atoms with Gasteiger partial charge in [-0.1, -0.05) is 35.6 Å². The van der Waals surface area contributed by atoms with Gasteiger partial charge in [0.05, 0.1) is 35.6 Å². The molecule has 0 bridgehead atoms. The van der Waals surface area contributed by atoms with Crippen molar-refractivity contribution in [3.8, 4) is 11.5 Å². The monoisotopic (exact) mass is 450 g/mol. The molecule has 1 N–H and O–H groups in total. The topological polar surface area (TPSA) is 90.1 Å². The van der Waals surface area contributed by atoms with Crippen molar-refractivity contribution < 1.29 is 19.4 Å². The summed E-state index contributed by atoms with van der Waals surface area (Å²) >= 11 is 1.23. The number of benzene rings is 2. The van der Waals surface area contributed by atoms with E-state index in [4.69, 9.17) is 9.47 Å². The zero-order valence-electron chi connectivity index (χ0n) is 17.9. The summed E-state index contributed by atoms with van der Waals surface area (Å²) in [5, 5.41) is 9.76. The molecule has 0 radical (unpaired) electrons. The Morgan fingerprint density at radius 1 is 1.25 bits per heavy atom. The molecule has 2 aromatic carbocycles. The average molecular weight is 451 g/mol. The first kappa shape index (κ1) is 21.6. The largest absolute Gasteiger partial charge is 0.508 e. The van der Waals surface area contributed by atoms with Crippen LogP contribution in [0.5, 0.6) is 11.5 Å². The van der Waals surface area contributed by atoms with Crippen LogP contribution >= 0.6 is 11.3 Å². The quantitative estimate of drug-likeness (QED) is 0.604. The van der Waals surface area contributed by atoms with Gasteiger partial charge in [0.25, 0.3) is 5.56 Å². The SMILES string of the molecule is CCOC(=O)C1=C(C)N=c2sc(=Cc3cccc(O)c3)c(=O)n2C1c1cccc(OC)c1. The molecule has 1 aliphatic heterocycles. The molecular weight excluding hydrogens is 428 g/mol. The third kappa shape index (κ3) is 3.97. The highest BCUT2D eigenvalue weighted by Gasteiger charge is 2.33. The number of aromatic nitrogens is 1. The minimum absolute atomic E-state index is 0.112. The first-order valence-electron chi connectivity index (χ1n) is 10.1. The lowest BCUT2D eigenvalue weighted by Gasteiger charge is -2.25. The number of carbonyl (C=O) groups is 1. The van der Waals surface area contributed by atoms with Gasteiger partial charge in [0.15, 0.2) is 4.80 Å². The number of rotatable bonds is 5. The molecule has 0 fully saturated rings. The minimum atomic E-state index is -0.702. The van der Waals surface area contributed by atoms with Crippen LogP contribution in [0, 0.1) is 0 Å². The van der Waals surface area contributed by atoms with Crippen LogP contribution in [-0.2, 0) is 9.53 Å². The van der Waals surface area contributed by atoms with Crippen molar-refractivity contribution in [2.24, 2.45) is 4.99 Å². The number of allylic oxidation sites excluding steroid dienone is 1. The summed E-state index contributed by atoms with van der Waals surface area (Å²) < 4.78 is 12.6. The van der Waals surface area contributed by atoms with Crippen LogP contribution in [0.1, 0.15) is 31.0 Å². The molecule has 32 heavy (non-hydrogen) atoms. The number of hydrogen-bond acceptors (Lipinski definition) is 7. The molecule has 1 atom stereocenters. The summed E-state index contributed by atoms with van der Waals surface area (Å²) in [4.78, 5) is 31.4. The smallest absolute Gasteiger partial charge is 0.338 e. The van der Waals surface area contributed by atoms with Crippen LogP contribution < -0.4 is 19.6 Å². The standard InChI is InChI=1S/C24H22N2O5S/c1-4-31-23(29)20-14(2)25-24-26(21(20)16-8-6-10-18(13-16)30-3)22(28)19(32-24)12-15-7-5-9-17(27)11-15/h5-13,21,27H,4H2,1-3H3. The van der Waals surface area contributed by atoms with Gasteiger partial charge in [-0.15, -0.1) is 0 Å². The number of fused-ring (bicyclic) bond motifs is 1. The third-order valence-corrected chi connectivity index (χ3v) is 6.08. The van der Waals surface area contributed by atoms with Gasteiger partial charge in [-0.2, -0.15) is 0 Å². The zero-order valence-corrected chi connectivity index (χ0v) is 18.7. The van der Waals surface area contributed by atoms with E-state index in [-0.39, 0.29) is 17.9 Å². The highest BCUT2D eigenvalue weighted by Crippen LogP contribution is 2.32. The number of esters is 1. The lowest BCUT2D eigenvalue weighted by Crippen LogP contribution is -2.39. The maximum absolute atomic E-state index is 13.5. The fourth-order valence-corrected chi connectivity index (χ4v) is 4.73.